The highest BCUT2D eigenvalue weighted by molar-refractivity contribution is 7.19. The summed E-state index contributed by atoms with van der Waals surface area (Å²) in [5.74, 6) is 0. The Balaban J connectivity index is 2.70. The zero-order chi connectivity index (χ0) is 11.1. The van der Waals surface area contributed by atoms with Gasteiger partial charge in [-0.1, -0.05) is 27.7 Å². The second-order valence-electron chi connectivity index (χ2n) is 4.89. The first-order valence-electron chi connectivity index (χ1n) is 5.40. The number of pyridine rings is 1. The molecule has 0 aliphatic heterocycles. The summed E-state index contributed by atoms with van der Waals surface area (Å²) >= 11 is 1.89. The van der Waals surface area contributed by atoms with Crippen LogP contribution in [0, 0.1) is 0 Å². The number of rotatable bonds is 1. The van der Waals surface area contributed by atoms with Gasteiger partial charge in [0.25, 0.3) is 0 Å². The van der Waals surface area contributed by atoms with Gasteiger partial charge in [-0.05, 0) is 29.5 Å². The van der Waals surface area contributed by atoms with Crippen LogP contribution in [0.15, 0.2) is 18.3 Å². The van der Waals surface area contributed by atoms with Gasteiger partial charge in [0.05, 0.1) is 10.2 Å². The molecule has 0 aliphatic carbocycles. The van der Waals surface area contributed by atoms with Crippen LogP contribution in [0.2, 0.25) is 0 Å². The number of hydrogen-bond acceptors (Lipinski definition) is 2. The molecule has 0 radical (unpaired) electrons. The van der Waals surface area contributed by atoms with Gasteiger partial charge >= 0.3 is 0 Å². The van der Waals surface area contributed by atoms with Crippen molar-refractivity contribution >= 4 is 21.6 Å². The minimum atomic E-state index is 0.205. The van der Waals surface area contributed by atoms with Gasteiger partial charge in [-0.15, -0.1) is 11.3 Å². The van der Waals surface area contributed by atoms with E-state index in [0.717, 1.165) is 11.9 Å². The quantitative estimate of drug-likeness (QED) is 0.702. The molecule has 2 rings (SSSR count). The molecular formula is C13H17NS. The summed E-state index contributed by atoms with van der Waals surface area (Å²) in [7, 11) is 0. The predicted molar refractivity (Wildman–Crippen MR) is 67.7 cm³/mol. The molecule has 2 aromatic heterocycles. The third-order valence-electron chi connectivity index (χ3n) is 2.62. The van der Waals surface area contributed by atoms with E-state index in [1.807, 2.05) is 17.5 Å². The fraction of sp³-hybridized carbons (Fsp3) is 0.462. The maximum absolute atomic E-state index is 4.43. The summed E-state index contributed by atoms with van der Waals surface area (Å²) in [6.45, 7) is 8.97. The molecule has 1 nitrogen and oxygen atoms in total. The number of fused-ring (bicyclic) bond motifs is 1. The summed E-state index contributed by atoms with van der Waals surface area (Å²) in [6, 6.07) is 4.37. The van der Waals surface area contributed by atoms with Crippen LogP contribution in [0.5, 0.6) is 0 Å². The van der Waals surface area contributed by atoms with Crippen LogP contribution in [0.4, 0.5) is 0 Å². The maximum atomic E-state index is 4.43. The van der Waals surface area contributed by atoms with Gasteiger partial charge in [-0.3, -0.25) is 4.98 Å². The minimum absolute atomic E-state index is 0.205. The van der Waals surface area contributed by atoms with Gasteiger partial charge in [0, 0.05) is 11.1 Å². The average molecular weight is 219 g/mol. The van der Waals surface area contributed by atoms with Crippen LogP contribution in [0.25, 0.3) is 10.2 Å². The first kappa shape index (κ1) is 10.6. The Kier molecular flexibility index (Phi) is 2.55. The second-order valence-corrected chi connectivity index (χ2v) is 6.03. The molecule has 0 atom stereocenters. The van der Waals surface area contributed by atoms with Gasteiger partial charge in [0.15, 0.2) is 0 Å². The Hall–Kier alpha value is -0.890. The number of nitrogens with zero attached hydrogens (tertiary/aromatic N) is 1. The normalized spacial score (nSPS) is 12.3. The first-order chi connectivity index (χ1) is 7.02. The topological polar surface area (TPSA) is 12.9 Å². The van der Waals surface area contributed by atoms with Crippen LogP contribution in [-0.2, 0) is 11.8 Å². The van der Waals surface area contributed by atoms with E-state index < -0.39 is 0 Å². The standard InChI is InChI=1S/C13H17NS/c1-5-9-8-11-12(15-9)10(6-7-14-11)13(2,3)4/h6-8H,5H2,1-4H3. The van der Waals surface area contributed by atoms with Crippen molar-refractivity contribution in [2.45, 2.75) is 39.5 Å². The molecule has 0 saturated heterocycles. The predicted octanol–water partition coefficient (Wildman–Crippen LogP) is 4.16. The lowest BCUT2D eigenvalue weighted by atomic mass is 9.87. The minimum Gasteiger partial charge on any atom is -0.255 e. The van der Waals surface area contributed by atoms with Crippen LogP contribution in [0.1, 0.15) is 38.1 Å². The lowest BCUT2D eigenvalue weighted by Gasteiger charge is -2.19. The number of thiophene rings is 1. The molecule has 0 saturated carbocycles. The fourth-order valence-electron chi connectivity index (χ4n) is 1.75. The van der Waals surface area contributed by atoms with E-state index in [-0.39, 0.29) is 5.41 Å². The Labute approximate surface area is 95.2 Å². The van der Waals surface area contributed by atoms with Crippen molar-refractivity contribution in [3.05, 3.63) is 28.8 Å². The molecule has 2 heteroatoms. The highest BCUT2D eigenvalue weighted by atomic mass is 32.1. The van der Waals surface area contributed by atoms with Crippen molar-refractivity contribution in [3.8, 4) is 0 Å². The van der Waals surface area contributed by atoms with E-state index in [9.17, 15) is 0 Å². The van der Waals surface area contributed by atoms with Crippen LogP contribution >= 0.6 is 11.3 Å². The van der Waals surface area contributed by atoms with E-state index in [2.05, 4.69) is 44.8 Å². The molecule has 0 bridgehead atoms. The monoisotopic (exact) mass is 219 g/mol. The van der Waals surface area contributed by atoms with E-state index >= 15 is 0 Å². The van der Waals surface area contributed by atoms with Gasteiger partial charge in [0.1, 0.15) is 0 Å². The van der Waals surface area contributed by atoms with Crippen molar-refractivity contribution in [2.24, 2.45) is 0 Å². The zero-order valence-corrected chi connectivity index (χ0v) is 10.6. The van der Waals surface area contributed by atoms with Crippen molar-refractivity contribution in [2.75, 3.05) is 0 Å². The third-order valence-corrected chi connectivity index (χ3v) is 3.92. The van der Waals surface area contributed by atoms with Crippen LogP contribution in [0.3, 0.4) is 0 Å². The Morgan fingerprint density at radius 2 is 2.07 bits per heavy atom. The molecule has 0 fully saturated rings. The van der Waals surface area contributed by atoms with Crippen LogP contribution < -0.4 is 0 Å². The van der Waals surface area contributed by atoms with E-state index in [0.29, 0.717) is 0 Å². The van der Waals surface area contributed by atoms with E-state index in [1.165, 1.54) is 15.1 Å². The summed E-state index contributed by atoms with van der Waals surface area (Å²) in [5.41, 5.74) is 2.78. The lowest BCUT2D eigenvalue weighted by Crippen LogP contribution is -2.11. The molecule has 2 aromatic rings. The summed E-state index contributed by atoms with van der Waals surface area (Å²) < 4.78 is 1.36. The largest absolute Gasteiger partial charge is 0.255 e. The van der Waals surface area contributed by atoms with E-state index in [4.69, 9.17) is 0 Å². The number of aryl methyl sites for hydroxylation is 1. The molecule has 80 valence electrons. The van der Waals surface area contributed by atoms with Crippen molar-refractivity contribution in [3.63, 3.8) is 0 Å². The third kappa shape index (κ3) is 1.91. The highest BCUT2D eigenvalue weighted by Crippen LogP contribution is 2.34. The molecule has 0 aliphatic rings. The smallest absolute Gasteiger partial charge is 0.0815 e. The first-order valence-corrected chi connectivity index (χ1v) is 6.22. The summed E-state index contributed by atoms with van der Waals surface area (Å²) in [6.07, 6.45) is 3.03. The fourth-order valence-corrected chi connectivity index (χ4v) is 3.03. The Morgan fingerprint density at radius 3 is 2.67 bits per heavy atom. The van der Waals surface area contributed by atoms with Gasteiger partial charge in [-0.2, -0.15) is 0 Å². The van der Waals surface area contributed by atoms with Gasteiger partial charge in [0.2, 0.25) is 0 Å². The molecule has 15 heavy (non-hydrogen) atoms. The molecule has 0 N–H and O–H groups in total. The highest BCUT2D eigenvalue weighted by Gasteiger charge is 2.18. The van der Waals surface area contributed by atoms with Crippen molar-refractivity contribution in [1.29, 1.82) is 0 Å². The summed E-state index contributed by atoms with van der Waals surface area (Å²) in [4.78, 5) is 5.86. The molecule has 0 amide bonds. The van der Waals surface area contributed by atoms with Gasteiger partial charge in [-0.25, -0.2) is 0 Å². The SMILES string of the molecule is CCc1cc2nccc(C(C)(C)C)c2s1. The molecule has 0 aromatic carbocycles. The average Bonchev–Trinajstić information content (AvgIpc) is 2.57. The lowest BCUT2D eigenvalue weighted by molar-refractivity contribution is 0.596. The van der Waals surface area contributed by atoms with Crippen molar-refractivity contribution < 1.29 is 0 Å². The Bertz CT molecular complexity index is 477. The second kappa shape index (κ2) is 3.60. The zero-order valence-electron chi connectivity index (χ0n) is 9.79. The van der Waals surface area contributed by atoms with Gasteiger partial charge < -0.3 is 0 Å². The molecular weight excluding hydrogens is 202 g/mol. The molecule has 0 unspecified atom stereocenters. The number of hydrogen-bond donors (Lipinski definition) is 0. The van der Waals surface area contributed by atoms with E-state index in [1.54, 1.807) is 0 Å². The number of aromatic nitrogens is 1. The maximum Gasteiger partial charge on any atom is 0.0815 e. The molecule has 0 spiro atoms. The molecule has 2 heterocycles. The summed E-state index contributed by atoms with van der Waals surface area (Å²) in [5, 5.41) is 0. The van der Waals surface area contributed by atoms with Crippen LogP contribution in [-0.4, -0.2) is 4.98 Å². The Morgan fingerprint density at radius 1 is 1.33 bits per heavy atom. The van der Waals surface area contributed by atoms with Crippen molar-refractivity contribution in [1.82, 2.24) is 4.98 Å².